The fraction of sp³-hybridized carbons (Fsp3) is 0.786. The zero-order valence-corrected chi connectivity index (χ0v) is 13.5. The Bertz CT molecular complexity index is 454. The molecule has 1 amide bonds. The van der Waals surface area contributed by atoms with Crippen molar-refractivity contribution in [2.24, 2.45) is 5.92 Å². The maximum atomic E-state index is 11.6. The summed E-state index contributed by atoms with van der Waals surface area (Å²) in [7, 11) is -3.05. The minimum absolute atomic E-state index is 0.118. The molecule has 116 valence electrons. The van der Waals surface area contributed by atoms with Crippen LogP contribution in [0.25, 0.3) is 0 Å². The summed E-state index contributed by atoms with van der Waals surface area (Å²) < 4.78 is 27.3. The van der Waals surface area contributed by atoms with Crippen molar-refractivity contribution in [3.8, 4) is 0 Å². The second-order valence-corrected chi connectivity index (χ2v) is 8.35. The number of amides is 1. The van der Waals surface area contributed by atoms with Crippen molar-refractivity contribution in [1.82, 2.24) is 5.32 Å². The number of nitrogens with one attached hydrogen (secondary N) is 1. The van der Waals surface area contributed by atoms with Gasteiger partial charge in [0.25, 0.3) is 0 Å². The van der Waals surface area contributed by atoms with E-state index in [9.17, 15) is 13.2 Å². The molecule has 1 N–H and O–H groups in total. The van der Waals surface area contributed by atoms with E-state index in [1.54, 1.807) is 6.08 Å². The fourth-order valence-corrected chi connectivity index (χ4v) is 2.69. The first kappa shape index (κ1) is 17.0. The van der Waals surface area contributed by atoms with Crippen molar-refractivity contribution in [3.63, 3.8) is 0 Å². The lowest BCUT2D eigenvalue weighted by atomic mass is 9.86. The Balaban J connectivity index is 2.36. The van der Waals surface area contributed by atoms with Gasteiger partial charge >= 0.3 is 6.09 Å². The van der Waals surface area contributed by atoms with Gasteiger partial charge in [-0.2, -0.15) is 0 Å². The van der Waals surface area contributed by atoms with E-state index in [1.165, 1.54) is 11.7 Å². The Hall–Kier alpha value is -1.04. The topological polar surface area (TPSA) is 72.5 Å². The molecule has 0 aromatic heterocycles. The average molecular weight is 303 g/mol. The highest BCUT2D eigenvalue weighted by Gasteiger charge is 2.23. The van der Waals surface area contributed by atoms with Gasteiger partial charge in [0.1, 0.15) is 5.60 Å². The van der Waals surface area contributed by atoms with E-state index >= 15 is 0 Å². The lowest BCUT2D eigenvalue weighted by molar-refractivity contribution is 0.0490. The third-order valence-corrected chi connectivity index (χ3v) is 3.74. The van der Waals surface area contributed by atoms with Crippen molar-refractivity contribution < 1.29 is 17.9 Å². The Labute approximate surface area is 121 Å². The van der Waals surface area contributed by atoms with Crippen LogP contribution in [0.4, 0.5) is 4.79 Å². The first-order valence-electron chi connectivity index (χ1n) is 6.93. The average Bonchev–Trinajstić information content (AvgIpc) is 2.24. The van der Waals surface area contributed by atoms with E-state index in [2.05, 4.69) is 5.32 Å². The Morgan fingerprint density at radius 3 is 2.20 bits per heavy atom. The standard InChI is InChI=1S/C14H25NO4S/c1-14(2,3)19-13(16)15-12-7-5-11(6-8-12)9-10-20(4,17)18/h9-12H,5-8H2,1-4H3,(H,15,16). The Morgan fingerprint density at radius 2 is 1.75 bits per heavy atom. The normalized spacial score (nSPS) is 24.6. The van der Waals surface area contributed by atoms with Gasteiger partial charge in [-0.25, -0.2) is 13.2 Å². The van der Waals surface area contributed by atoms with Gasteiger partial charge in [0.15, 0.2) is 9.84 Å². The zero-order chi connectivity index (χ0) is 15.4. The van der Waals surface area contributed by atoms with Gasteiger partial charge in [-0.1, -0.05) is 6.08 Å². The van der Waals surface area contributed by atoms with Crippen LogP contribution in [0, 0.1) is 5.92 Å². The second-order valence-electron chi connectivity index (χ2n) is 6.42. The van der Waals surface area contributed by atoms with Crippen molar-refractivity contribution >= 4 is 15.9 Å². The molecule has 0 bridgehead atoms. The Morgan fingerprint density at radius 1 is 1.20 bits per heavy atom. The van der Waals surface area contributed by atoms with E-state index in [0.29, 0.717) is 0 Å². The monoisotopic (exact) mass is 303 g/mol. The molecule has 1 fully saturated rings. The van der Waals surface area contributed by atoms with E-state index in [-0.39, 0.29) is 18.1 Å². The zero-order valence-electron chi connectivity index (χ0n) is 12.7. The molecule has 0 radical (unpaired) electrons. The molecule has 20 heavy (non-hydrogen) atoms. The molecular formula is C14H25NO4S. The highest BCUT2D eigenvalue weighted by atomic mass is 32.2. The minimum Gasteiger partial charge on any atom is -0.444 e. The summed E-state index contributed by atoms with van der Waals surface area (Å²) in [6.45, 7) is 5.50. The van der Waals surface area contributed by atoms with Crippen molar-refractivity contribution in [2.75, 3.05) is 6.26 Å². The smallest absolute Gasteiger partial charge is 0.407 e. The summed E-state index contributed by atoms with van der Waals surface area (Å²) in [4.78, 5) is 11.6. The second kappa shape index (κ2) is 6.61. The van der Waals surface area contributed by atoms with Crippen LogP contribution in [-0.4, -0.2) is 32.4 Å². The SMILES string of the molecule is CC(C)(C)OC(=O)NC1CCC(C=CS(C)(=O)=O)CC1. The van der Waals surface area contributed by atoms with Crippen LogP contribution in [-0.2, 0) is 14.6 Å². The van der Waals surface area contributed by atoms with Gasteiger partial charge in [-0.15, -0.1) is 0 Å². The maximum absolute atomic E-state index is 11.6. The molecule has 0 aromatic rings. The summed E-state index contributed by atoms with van der Waals surface area (Å²) >= 11 is 0. The molecular weight excluding hydrogens is 278 g/mol. The van der Waals surface area contributed by atoms with Crippen LogP contribution < -0.4 is 5.32 Å². The fourth-order valence-electron chi connectivity index (χ4n) is 2.18. The largest absolute Gasteiger partial charge is 0.444 e. The molecule has 0 spiro atoms. The van der Waals surface area contributed by atoms with Crippen LogP contribution in [0.3, 0.4) is 0 Å². The molecule has 1 aliphatic carbocycles. The lowest BCUT2D eigenvalue weighted by Crippen LogP contribution is -2.40. The first-order valence-corrected chi connectivity index (χ1v) is 8.88. The summed E-state index contributed by atoms with van der Waals surface area (Å²) in [6, 6.07) is 0.118. The van der Waals surface area contributed by atoms with Crippen LogP contribution in [0.2, 0.25) is 0 Å². The highest BCUT2D eigenvalue weighted by molar-refractivity contribution is 7.93. The number of hydrogen-bond donors (Lipinski definition) is 1. The molecule has 0 atom stereocenters. The van der Waals surface area contributed by atoms with Gasteiger partial charge in [-0.05, 0) is 52.4 Å². The van der Waals surface area contributed by atoms with Crippen LogP contribution in [0.15, 0.2) is 11.5 Å². The van der Waals surface area contributed by atoms with Crippen LogP contribution >= 0.6 is 0 Å². The quantitative estimate of drug-likeness (QED) is 0.870. The summed E-state index contributed by atoms with van der Waals surface area (Å²) in [5.74, 6) is 0.279. The highest BCUT2D eigenvalue weighted by Crippen LogP contribution is 2.25. The van der Waals surface area contributed by atoms with Crippen molar-refractivity contribution in [2.45, 2.75) is 58.1 Å². The maximum Gasteiger partial charge on any atom is 0.407 e. The van der Waals surface area contributed by atoms with E-state index in [4.69, 9.17) is 4.74 Å². The van der Waals surface area contributed by atoms with E-state index in [1.807, 2.05) is 20.8 Å². The molecule has 1 rings (SSSR count). The molecule has 0 heterocycles. The van der Waals surface area contributed by atoms with Gasteiger partial charge in [0.2, 0.25) is 0 Å². The van der Waals surface area contributed by atoms with Gasteiger partial charge in [-0.3, -0.25) is 0 Å². The van der Waals surface area contributed by atoms with Gasteiger partial charge in [0, 0.05) is 17.7 Å². The molecule has 0 saturated heterocycles. The molecule has 1 saturated carbocycles. The molecule has 6 heteroatoms. The first-order chi connectivity index (χ1) is 9.05. The number of hydrogen-bond acceptors (Lipinski definition) is 4. The van der Waals surface area contributed by atoms with Crippen molar-refractivity contribution in [3.05, 3.63) is 11.5 Å². The number of ether oxygens (including phenoxy) is 1. The van der Waals surface area contributed by atoms with E-state index < -0.39 is 15.4 Å². The van der Waals surface area contributed by atoms with E-state index in [0.717, 1.165) is 25.7 Å². The molecule has 0 unspecified atom stereocenters. The summed E-state index contributed by atoms with van der Waals surface area (Å²) in [5.41, 5.74) is -0.487. The third-order valence-electron chi connectivity index (χ3n) is 3.09. The molecule has 5 nitrogen and oxygen atoms in total. The molecule has 0 aliphatic heterocycles. The summed E-state index contributed by atoms with van der Waals surface area (Å²) in [6.07, 6.45) is 6.03. The van der Waals surface area contributed by atoms with Crippen molar-refractivity contribution in [1.29, 1.82) is 0 Å². The molecule has 0 aromatic carbocycles. The van der Waals surface area contributed by atoms with Gasteiger partial charge in [0.05, 0.1) is 0 Å². The lowest BCUT2D eigenvalue weighted by Gasteiger charge is -2.28. The predicted octanol–water partition coefficient (Wildman–Crippen LogP) is 2.63. The minimum atomic E-state index is -3.05. The molecule has 1 aliphatic rings. The van der Waals surface area contributed by atoms with Crippen LogP contribution in [0.1, 0.15) is 46.5 Å². The Kier molecular flexibility index (Phi) is 5.62. The predicted molar refractivity (Wildman–Crippen MR) is 79.1 cm³/mol. The third kappa shape index (κ3) is 7.53. The number of rotatable bonds is 3. The number of sulfone groups is 1. The van der Waals surface area contributed by atoms with Crippen LogP contribution in [0.5, 0.6) is 0 Å². The number of allylic oxidation sites excluding steroid dienone is 1. The number of alkyl carbamates (subject to hydrolysis) is 1. The number of carbonyl (C=O) groups is 1. The van der Waals surface area contributed by atoms with Gasteiger partial charge < -0.3 is 10.1 Å². The number of carbonyl (C=O) groups excluding carboxylic acids is 1. The summed E-state index contributed by atoms with van der Waals surface area (Å²) in [5, 5.41) is 4.14.